The molecule has 0 heterocycles. The number of nitrogens with one attached hydrogen (secondary N) is 1. The number of hydrogen-bond acceptors (Lipinski definition) is 1. The van der Waals surface area contributed by atoms with Crippen LogP contribution in [-0.4, -0.2) is 11.4 Å². The first-order chi connectivity index (χ1) is 7.41. The summed E-state index contributed by atoms with van der Waals surface area (Å²) in [6, 6.07) is 2.93. The van der Waals surface area contributed by atoms with Crippen LogP contribution in [0.2, 0.25) is 0 Å². The van der Waals surface area contributed by atoms with Gasteiger partial charge in [-0.1, -0.05) is 15.9 Å². The molecular formula is C12H13BrFNO. The molecule has 4 heteroatoms. The Bertz CT molecular complexity index is 431. The Morgan fingerprint density at radius 2 is 2.12 bits per heavy atom. The van der Waals surface area contributed by atoms with E-state index in [4.69, 9.17) is 0 Å². The zero-order valence-electron chi connectivity index (χ0n) is 9.23. The van der Waals surface area contributed by atoms with Crippen LogP contribution in [0.1, 0.15) is 35.7 Å². The van der Waals surface area contributed by atoms with Gasteiger partial charge in [0.25, 0.3) is 5.91 Å². The quantitative estimate of drug-likeness (QED) is 0.889. The van der Waals surface area contributed by atoms with E-state index in [1.54, 1.807) is 13.0 Å². The van der Waals surface area contributed by atoms with Gasteiger partial charge in [0.15, 0.2) is 0 Å². The van der Waals surface area contributed by atoms with Crippen LogP contribution >= 0.6 is 15.9 Å². The van der Waals surface area contributed by atoms with Crippen molar-refractivity contribution in [2.24, 2.45) is 0 Å². The van der Waals surface area contributed by atoms with Crippen LogP contribution < -0.4 is 5.32 Å². The Balaban J connectivity index is 2.23. The van der Waals surface area contributed by atoms with E-state index in [9.17, 15) is 9.18 Å². The van der Waals surface area contributed by atoms with Crippen molar-refractivity contribution in [2.45, 2.75) is 32.2 Å². The Hall–Kier alpha value is -0.900. The molecule has 0 radical (unpaired) electrons. The van der Waals surface area contributed by atoms with Crippen LogP contribution in [0.5, 0.6) is 0 Å². The first kappa shape index (κ1) is 11.6. The third kappa shape index (κ3) is 2.26. The zero-order valence-corrected chi connectivity index (χ0v) is 10.8. The smallest absolute Gasteiger partial charge is 0.251 e. The molecule has 1 aliphatic carbocycles. The van der Waals surface area contributed by atoms with Gasteiger partial charge in [0.1, 0.15) is 5.82 Å². The fourth-order valence-corrected chi connectivity index (χ4v) is 1.87. The molecule has 1 fully saturated rings. The predicted molar refractivity (Wildman–Crippen MR) is 63.9 cm³/mol. The van der Waals surface area contributed by atoms with Gasteiger partial charge in [-0.05, 0) is 44.4 Å². The maximum Gasteiger partial charge on any atom is 0.251 e. The molecule has 2 nitrogen and oxygen atoms in total. The summed E-state index contributed by atoms with van der Waals surface area (Å²) in [5, 5.41) is 2.89. The Labute approximate surface area is 102 Å². The van der Waals surface area contributed by atoms with Gasteiger partial charge >= 0.3 is 0 Å². The summed E-state index contributed by atoms with van der Waals surface area (Å²) >= 11 is 3.24. The highest BCUT2D eigenvalue weighted by Gasteiger charge is 2.38. The van der Waals surface area contributed by atoms with E-state index in [2.05, 4.69) is 21.2 Å². The molecule has 0 unspecified atom stereocenters. The van der Waals surface area contributed by atoms with Crippen molar-refractivity contribution in [1.82, 2.24) is 5.32 Å². The highest BCUT2D eigenvalue weighted by atomic mass is 79.9. The lowest BCUT2D eigenvalue weighted by Gasteiger charge is -2.12. The van der Waals surface area contributed by atoms with Crippen molar-refractivity contribution in [3.63, 3.8) is 0 Å². The number of carbonyl (C=O) groups excluding carboxylic acids is 1. The van der Waals surface area contributed by atoms with Crippen LogP contribution in [0.4, 0.5) is 4.39 Å². The Kier molecular flexibility index (Phi) is 2.78. The predicted octanol–water partition coefficient (Wildman–Crippen LogP) is 3.18. The largest absolute Gasteiger partial charge is 0.347 e. The number of hydrogen-bond donors (Lipinski definition) is 1. The maximum atomic E-state index is 13.4. The summed E-state index contributed by atoms with van der Waals surface area (Å²) in [5.41, 5.74) is 0.808. The number of rotatable bonds is 2. The van der Waals surface area contributed by atoms with Gasteiger partial charge in [0, 0.05) is 15.6 Å². The summed E-state index contributed by atoms with van der Waals surface area (Å²) in [4.78, 5) is 11.8. The molecule has 1 aromatic rings. The molecule has 1 aromatic carbocycles. The van der Waals surface area contributed by atoms with Gasteiger partial charge < -0.3 is 5.32 Å². The third-order valence-electron chi connectivity index (χ3n) is 2.96. The van der Waals surface area contributed by atoms with E-state index >= 15 is 0 Å². The summed E-state index contributed by atoms with van der Waals surface area (Å²) in [5.74, 6) is -0.569. The summed E-state index contributed by atoms with van der Waals surface area (Å²) in [6.07, 6.45) is 1.99. The van der Waals surface area contributed by atoms with E-state index in [0.29, 0.717) is 15.6 Å². The molecule has 0 bridgehead atoms. The van der Waals surface area contributed by atoms with E-state index < -0.39 is 0 Å². The number of carbonyl (C=O) groups is 1. The highest BCUT2D eigenvalue weighted by Crippen LogP contribution is 2.34. The van der Waals surface area contributed by atoms with E-state index in [1.165, 1.54) is 6.07 Å². The minimum atomic E-state index is -0.361. The summed E-state index contributed by atoms with van der Waals surface area (Å²) < 4.78 is 14.1. The lowest BCUT2D eigenvalue weighted by atomic mass is 10.1. The number of amides is 1. The van der Waals surface area contributed by atoms with Gasteiger partial charge in [0.05, 0.1) is 0 Å². The van der Waals surface area contributed by atoms with Crippen LogP contribution in [0.3, 0.4) is 0 Å². The molecule has 1 N–H and O–H groups in total. The molecule has 0 atom stereocenters. The average Bonchev–Trinajstić information content (AvgIpc) is 2.91. The van der Waals surface area contributed by atoms with Crippen molar-refractivity contribution in [2.75, 3.05) is 0 Å². The molecule has 1 aliphatic rings. The van der Waals surface area contributed by atoms with Crippen molar-refractivity contribution in [1.29, 1.82) is 0 Å². The third-order valence-corrected chi connectivity index (χ3v) is 3.78. The van der Waals surface area contributed by atoms with Crippen molar-refractivity contribution >= 4 is 21.8 Å². The highest BCUT2D eigenvalue weighted by molar-refractivity contribution is 9.10. The molecule has 0 aromatic heterocycles. The van der Waals surface area contributed by atoms with Crippen molar-refractivity contribution in [3.8, 4) is 0 Å². The molecule has 86 valence electrons. The second-order valence-electron chi connectivity index (χ2n) is 4.58. The maximum absolute atomic E-state index is 13.4. The minimum Gasteiger partial charge on any atom is -0.347 e. The van der Waals surface area contributed by atoms with Gasteiger partial charge in [-0.3, -0.25) is 4.79 Å². The molecule has 0 aliphatic heterocycles. The van der Waals surface area contributed by atoms with Gasteiger partial charge in [-0.2, -0.15) is 0 Å². The molecular weight excluding hydrogens is 273 g/mol. The summed E-state index contributed by atoms with van der Waals surface area (Å²) in [7, 11) is 0. The second kappa shape index (κ2) is 3.84. The minimum absolute atomic E-state index is 0.0785. The topological polar surface area (TPSA) is 29.1 Å². The SMILES string of the molecule is Cc1c(F)cc(C(=O)NC2(C)CC2)cc1Br. The standard InChI is InChI=1S/C12H13BrFNO/c1-7-9(13)5-8(6-10(7)14)11(16)15-12(2)3-4-12/h5-6H,3-4H2,1-2H3,(H,15,16). The Morgan fingerprint density at radius 3 is 2.62 bits per heavy atom. The average molecular weight is 286 g/mol. The number of benzene rings is 1. The summed E-state index contributed by atoms with van der Waals surface area (Å²) in [6.45, 7) is 3.66. The normalized spacial score (nSPS) is 17.0. The van der Waals surface area contributed by atoms with Gasteiger partial charge in [-0.15, -0.1) is 0 Å². The molecule has 0 spiro atoms. The van der Waals surface area contributed by atoms with Crippen LogP contribution in [-0.2, 0) is 0 Å². The second-order valence-corrected chi connectivity index (χ2v) is 5.43. The lowest BCUT2D eigenvalue weighted by molar-refractivity contribution is 0.0935. The van der Waals surface area contributed by atoms with E-state index in [0.717, 1.165) is 12.8 Å². The molecule has 1 saturated carbocycles. The fourth-order valence-electron chi connectivity index (χ4n) is 1.44. The first-order valence-corrected chi connectivity index (χ1v) is 5.99. The van der Waals surface area contributed by atoms with E-state index in [1.807, 2.05) is 6.92 Å². The molecule has 1 amide bonds. The van der Waals surface area contributed by atoms with Gasteiger partial charge in [0.2, 0.25) is 0 Å². The van der Waals surface area contributed by atoms with E-state index in [-0.39, 0.29) is 17.3 Å². The Morgan fingerprint density at radius 1 is 1.50 bits per heavy atom. The fraction of sp³-hybridized carbons (Fsp3) is 0.417. The zero-order chi connectivity index (χ0) is 11.9. The first-order valence-electron chi connectivity index (χ1n) is 5.19. The number of halogens is 2. The van der Waals surface area contributed by atoms with Gasteiger partial charge in [-0.25, -0.2) is 4.39 Å². The molecule has 0 saturated heterocycles. The van der Waals surface area contributed by atoms with Crippen LogP contribution in [0, 0.1) is 12.7 Å². The lowest BCUT2D eigenvalue weighted by Crippen LogP contribution is -2.34. The molecule has 2 rings (SSSR count). The monoisotopic (exact) mass is 285 g/mol. The van der Waals surface area contributed by atoms with Crippen molar-refractivity contribution < 1.29 is 9.18 Å². The van der Waals surface area contributed by atoms with Crippen LogP contribution in [0.25, 0.3) is 0 Å². The molecule has 16 heavy (non-hydrogen) atoms. The van der Waals surface area contributed by atoms with Crippen molar-refractivity contribution in [3.05, 3.63) is 33.5 Å². The van der Waals surface area contributed by atoms with Crippen LogP contribution in [0.15, 0.2) is 16.6 Å².